The molecule has 0 spiro atoms. The number of benzene rings is 1. The summed E-state index contributed by atoms with van der Waals surface area (Å²) in [5.41, 5.74) is 1.21. The lowest BCUT2D eigenvalue weighted by molar-refractivity contribution is 0.0697. The molecule has 0 atom stereocenters. The fraction of sp³-hybridized carbons (Fsp3) is 0.214. The predicted molar refractivity (Wildman–Crippen MR) is 73.9 cm³/mol. The Morgan fingerprint density at radius 2 is 2.05 bits per heavy atom. The Kier molecular flexibility index (Phi) is 4.49. The minimum absolute atomic E-state index is 0.267. The Morgan fingerprint density at radius 1 is 1.30 bits per heavy atom. The van der Waals surface area contributed by atoms with Gasteiger partial charge in [-0.1, -0.05) is 12.1 Å². The van der Waals surface area contributed by atoms with E-state index in [4.69, 9.17) is 9.84 Å². The molecule has 1 aromatic carbocycles. The van der Waals surface area contributed by atoms with Crippen molar-refractivity contribution in [2.45, 2.75) is 13.5 Å². The number of carboxylic acids is 1. The molecule has 104 valence electrons. The van der Waals surface area contributed by atoms with Gasteiger partial charge in [0.15, 0.2) is 0 Å². The van der Waals surface area contributed by atoms with Crippen LogP contribution in [0, 0.1) is 0 Å². The lowest BCUT2D eigenvalue weighted by Gasteiger charge is -2.07. The van der Waals surface area contributed by atoms with E-state index in [2.05, 4.69) is 15.3 Å². The summed E-state index contributed by atoms with van der Waals surface area (Å²) in [6.07, 6.45) is 1.62. The highest BCUT2D eigenvalue weighted by molar-refractivity contribution is 5.87. The third-order valence-electron chi connectivity index (χ3n) is 2.57. The standard InChI is InChI=1S/C14H15N3O3/c1-2-20-12-7-8-15-14(17-12)16-9-10-3-5-11(6-4-10)13(18)19/h3-8H,2,9H2,1H3,(H,18,19)(H,15,16,17). The van der Waals surface area contributed by atoms with Gasteiger partial charge in [-0.3, -0.25) is 0 Å². The van der Waals surface area contributed by atoms with Gasteiger partial charge in [-0.05, 0) is 24.6 Å². The summed E-state index contributed by atoms with van der Waals surface area (Å²) in [6, 6.07) is 8.33. The molecule has 1 aromatic heterocycles. The van der Waals surface area contributed by atoms with Crippen LogP contribution < -0.4 is 10.1 Å². The summed E-state index contributed by atoms with van der Waals surface area (Å²) in [5, 5.41) is 11.9. The largest absolute Gasteiger partial charge is 0.478 e. The van der Waals surface area contributed by atoms with Crippen LogP contribution in [0.5, 0.6) is 5.88 Å². The predicted octanol–water partition coefficient (Wildman–Crippen LogP) is 2.19. The van der Waals surface area contributed by atoms with Crippen LogP contribution >= 0.6 is 0 Å². The Labute approximate surface area is 116 Å². The number of hydrogen-bond acceptors (Lipinski definition) is 5. The van der Waals surface area contributed by atoms with E-state index in [9.17, 15) is 4.79 Å². The van der Waals surface area contributed by atoms with Crippen LogP contribution in [0.2, 0.25) is 0 Å². The van der Waals surface area contributed by atoms with E-state index in [1.54, 1.807) is 36.5 Å². The van der Waals surface area contributed by atoms with Crippen LogP contribution in [0.4, 0.5) is 5.95 Å². The zero-order chi connectivity index (χ0) is 14.4. The minimum Gasteiger partial charge on any atom is -0.478 e. The average molecular weight is 273 g/mol. The monoisotopic (exact) mass is 273 g/mol. The Balaban J connectivity index is 1.97. The summed E-state index contributed by atoms with van der Waals surface area (Å²) < 4.78 is 5.28. The van der Waals surface area contributed by atoms with Gasteiger partial charge in [-0.15, -0.1) is 0 Å². The molecule has 0 amide bonds. The van der Waals surface area contributed by atoms with E-state index in [0.717, 1.165) is 5.56 Å². The number of aromatic carboxylic acids is 1. The zero-order valence-electron chi connectivity index (χ0n) is 11.0. The number of carbonyl (C=O) groups is 1. The topological polar surface area (TPSA) is 84.3 Å². The average Bonchev–Trinajstić information content (AvgIpc) is 2.46. The number of hydrogen-bond donors (Lipinski definition) is 2. The van der Waals surface area contributed by atoms with Crippen molar-refractivity contribution in [1.82, 2.24) is 9.97 Å². The molecule has 0 saturated carbocycles. The van der Waals surface area contributed by atoms with Crippen LogP contribution in [0.15, 0.2) is 36.5 Å². The number of nitrogens with zero attached hydrogens (tertiary/aromatic N) is 2. The number of aromatic nitrogens is 2. The van der Waals surface area contributed by atoms with E-state index in [1.165, 1.54) is 0 Å². The van der Waals surface area contributed by atoms with E-state index in [-0.39, 0.29) is 5.56 Å². The Bertz CT molecular complexity index is 584. The SMILES string of the molecule is CCOc1ccnc(NCc2ccc(C(=O)O)cc2)n1. The molecule has 1 heterocycles. The smallest absolute Gasteiger partial charge is 0.335 e. The van der Waals surface area contributed by atoms with Crippen molar-refractivity contribution >= 4 is 11.9 Å². The lowest BCUT2D eigenvalue weighted by atomic mass is 10.1. The molecule has 0 saturated heterocycles. The van der Waals surface area contributed by atoms with Crippen molar-refractivity contribution in [1.29, 1.82) is 0 Å². The van der Waals surface area contributed by atoms with Gasteiger partial charge >= 0.3 is 5.97 Å². The van der Waals surface area contributed by atoms with Crippen LogP contribution in [-0.2, 0) is 6.54 Å². The van der Waals surface area contributed by atoms with Gasteiger partial charge in [0.2, 0.25) is 11.8 Å². The molecule has 0 radical (unpaired) electrons. The van der Waals surface area contributed by atoms with Crippen molar-refractivity contribution in [3.63, 3.8) is 0 Å². The number of carboxylic acid groups (broad SMARTS) is 1. The number of nitrogens with one attached hydrogen (secondary N) is 1. The van der Waals surface area contributed by atoms with Crippen LogP contribution in [0.3, 0.4) is 0 Å². The zero-order valence-corrected chi connectivity index (χ0v) is 11.0. The van der Waals surface area contributed by atoms with Crippen LogP contribution in [0.25, 0.3) is 0 Å². The number of anilines is 1. The third-order valence-corrected chi connectivity index (χ3v) is 2.57. The first kappa shape index (κ1) is 13.8. The van der Waals surface area contributed by atoms with Crippen molar-refractivity contribution in [3.8, 4) is 5.88 Å². The van der Waals surface area contributed by atoms with Crippen LogP contribution in [-0.4, -0.2) is 27.7 Å². The first-order valence-electron chi connectivity index (χ1n) is 6.21. The van der Waals surface area contributed by atoms with Gasteiger partial charge in [0.25, 0.3) is 0 Å². The quantitative estimate of drug-likeness (QED) is 0.839. The van der Waals surface area contributed by atoms with E-state index >= 15 is 0 Å². The molecule has 2 aromatic rings. The Morgan fingerprint density at radius 3 is 2.70 bits per heavy atom. The fourth-order valence-electron chi connectivity index (χ4n) is 1.60. The summed E-state index contributed by atoms with van der Waals surface area (Å²) in [6.45, 7) is 2.95. The van der Waals surface area contributed by atoms with Crippen molar-refractivity contribution in [2.24, 2.45) is 0 Å². The van der Waals surface area contributed by atoms with E-state index in [0.29, 0.717) is 25.0 Å². The van der Waals surface area contributed by atoms with Gasteiger partial charge in [0.1, 0.15) is 0 Å². The maximum absolute atomic E-state index is 10.7. The number of ether oxygens (including phenoxy) is 1. The summed E-state index contributed by atoms with van der Waals surface area (Å²) in [4.78, 5) is 19.0. The summed E-state index contributed by atoms with van der Waals surface area (Å²) >= 11 is 0. The van der Waals surface area contributed by atoms with Gasteiger partial charge in [-0.25, -0.2) is 9.78 Å². The maximum Gasteiger partial charge on any atom is 0.335 e. The molecule has 20 heavy (non-hydrogen) atoms. The third kappa shape index (κ3) is 3.68. The molecule has 2 rings (SSSR count). The molecule has 0 aliphatic rings. The molecule has 6 heteroatoms. The Hall–Kier alpha value is -2.63. The second-order valence-corrected chi connectivity index (χ2v) is 4.01. The van der Waals surface area contributed by atoms with Gasteiger partial charge in [-0.2, -0.15) is 4.98 Å². The molecular formula is C14H15N3O3. The highest BCUT2D eigenvalue weighted by atomic mass is 16.5. The second-order valence-electron chi connectivity index (χ2n) is 4.01. The molecule has 0 aliphatic carbocycles. The molecule has 6 nitrogen and oxygen atoms in total. The molecule has 0 unspecified atom stereocenters. The summed E-state index contributed by atoms with van der Waals surface area (Å²) in [7, 11) is 0. The van der Waals surface area contributed by atoms with Gasteiger partial charge < -0.3 is 15.2 Å². The van der Waals surface area contributed by atoms with E-state index in [1.807, 2.05) is 6.92 Å². The first-order valence-corrected chi connectivity index (χ1v) is 6.21. The van der Waals surface area contributed by atoms with E-state index < -0.39 is 5.97 Å². The second kappa shape index (κ2) is 6.51. The minimum atomic E-state index is -0.933. The molecule has 0 aliphatic heterocycles. The highest BCUT2D eigenvalue weighted by Gasteiger charge is 2.03. The maximum atomic E-state index is 10.7. The molecule has 2 N–H and O–H groups in total. The first-order chi connectivity index (χ1) is 9.69. The highest BCUT2D eigenvalue weighted by Crippen LogP contribution is 2.10. The van der Waals surface area contributed by atoms with Crippen molar-refractivity contribution in [2.75, 3.05) is 11.9 Å². The molecular weight excluding hydrogens is 258 g/mol. The summed E-state index contributed by atoms with van der Waals surface area (Å²) in [5.74, 6) is 0.0572. The number of rotatable bonds is 6. The fourth-order valence-corrected chi connectivity index (χ4v) is 1.60. The lowest BCUT2D eigenvalue weighted by Crippen LogP contribution is -2.05. The molecule has 0 bridgehead atoms. The normalized spacial score (nSPS) is 10.1. The van der Waals surface area contributed by atoms with Gasteiger partial charge in [0, 0.05) is 18.8 Å². The molecule has 0 fully saturated rings. The van der Waals surface area contributed by atoms with Crippen LogP contribution in [0.1, 0.15) is 22.8 Å². The van der Waals surface area contributed by atoms with Gasteiger partial charge in [0.05, 0.1) is 12.2 Å². The van der Waals surface area contributed by atoms with Crippen molar-refractivity contribution < 1.29 is 14.6 Å². The van der Waals surface area contributed by atoms with Crippen molar-refractivity contribution in [3.05, 3.63) is 47.7 Å².